The number of nitrogens with one attached hydrogen (secondary N) is 1. The van der Waals surface area contributed by atoms with Crippen molar-refractivity contribution in [2.75, 3.05) is 26.7 Å². The lowest BCUT2D eigenvalue weighted by Gasteiger charge is -2.12. The molecule has 3 heteroatoms. The number of nitrogens with zero attached hydrogens (tertiary/aromatic N) is 1. The Morgan fingerprint density at radius 3 is 2.94 bits per heavy atom. The highest BCUT2D eigenvalue weighted by Crippen LogP contribution is 2.16. The zero-order valence-corrected chi connectivity index (χ0v) is 10.5. The van der Waals surface area contributed by atoms with E-state index in [1.54, 1.807) is 0 Å². The van der Waals surface area contributed by atoms with Crippen molar-refractivity contribution in [1.29, 1.82) is 0 Å². The lowest BCUT2D eigenvalue weighted by molar-refractivity contribution is 0.388. The quantitative estimate of drug-likeness (QED) is 0.867. The van der Waals surface area contributed by atoms with Crippen LogP contribution in [0.15, 0.2) is 24.3 Å². The summed E-state index contributed by atoms with van der Waals surface area (Å²) in [6.45, 7) is 4.42. The maximum Gasteiger partial charge on any atom is 0.0450 e. The number of hydrogen-bond acceptors (Lipinski definition) is 2. The Hall–Kier alpha value is -0.570. The lowest BCUT2D eigenvalue weighted by atomic mass is 10.1. The summed E-state index contributed by atoms with van der Waals surface area (Å²) < 4.78 is 0. The minimum Gasteiger partial charge on any atom is -0.312 e. The molecule has 1 fully saturated rings. The van der Waals surface area contributed by atoms with E-state index >= 15 is 0 Å². The van der Waals surface area contributed by atoms with Gasteiger partial charge in [-0.25, -0.2) is 0 Å². The second-order valence-electron chi connectivity index (χ2n) is 4.64. The van der Waals surface area contributed by atoms with E-state index in [0.29, 0.717) is 0 Å². The summed E-state index contributed by atoms with van der Waals surface area (Å²) in [6.07, 6.45) is 1.31. The summed E-state index contributed by atoms with van der Waals surface area (Å²) >= 11 is 6.09. The van der Waals surface area contributed by atoms with Crippen molar-refractivity contribution >= 4 is 11.6 Å². The van der Waals surface area contributed by atoms with Gasteiger partial charge in [-0.05, 0) is 44.1 Å². The molecule has 16 heavy (non-hydrogen) atoms. The number of benzene rings is 1. The molecule has 0 saturated carbocycles. The van der Waals surface area contributed by atoms with Gasteiger partial charge in [0.1, 0.15) is 0 Å². The Kier molecular flexibility index (Phi) is 4.22. The largest absolute Gasteiger partial charge is 0.312 e. The summed E-state index contributed by atoms with van der Waals surface area (Å²) in [4.78, 5) is 2.39. The third-order valence-electron chi connectivity index (χ3n) is 3.20. The van der Waals surface area contributed by atoms with Crippen LogP contribution in [0.5, 0.6) is 0 Å². The molecule has 0 spiro atoms. The molecule has 1 saturated heterocycles. The van der Waals surface area contributed by atoms with Gasteiger partial charge in [0.25, 0.3) is 0 Å². The maximum absolute atomic E-state index is 6.09. The van der Waals surface area contributed by atoms with Crippen molar-refractivity contribution < 1.29 is 0 Å². The summed E-state index contributed by atoms with van der Waals surface area (Å²) in [5.41, 5.74) is 1.19. The highest BCUT2D eigenvalue weighted by molar-refractivity contribution is 6.31. The predicted molar refractivity (Wildman–Crippen MR) is 68.8 cm³/mol. The Bertz CT molecular complexity index is 340. The first-order chi connectivity index (χ1) is 7.75. The zero-order valence-electron chi connectivity index (χ0n) is 9.75. The van der Waals surface area contributed by atoms with Crippen LogP contribution in [-0.4, -0.2) is 31.6 Å². The Labute approximate surface area is 103 Å². The van der Waals surface area contributed by atoms with E-state index in [1.807, 2.05) is 18.2 Å². The number of rotatable bonds is 4. The van der Waals surface area contributed by atoms with Crippen LogP contribution in [0.2, 0.25) is 5.02 Å². The molecule has 0 bridgehead atoms. The highest BCUT2D eigenvalue weighted by atomic mass is 35.5. The minimum atomic E-state index is 0.799. The number of hydrogen-bond donors (Lipinski definition) is 1. The van der Waals surface area contributed by atoms with Gasteiger partial charge in [-0.1, -0.05) is 29.8 Å². The van der Waals surface area contributed by atoms with Gasteiger partial charge in [0.2, 0.25) is 0 Å². The fourth-order valence-electron chi connectivity index (χ4n) is 2.25. The van der Waals surface area contributed by atoms with Crippen LogP contribution in [0.3, 0.4) is 0 Å². The maximum atomic E-state index is 6.09. The van der Waals surface area contributed by atoms with Gasteiger partial charge in [0.15, 0.2) is 0 Å². The fourth-order valence-corrected chi connectivity index (χ4v) is 2.45. The van der Waals surface area contributed by atoms with Crippen LogP contribution in [-0.2, 0) is 6.54 Å². The number of likely N-dealkylation sites (tertiary alicyclic amines) is 1. The molecule has 1 aromatic rings. The molecule has 0 aliphatic carbocycles. The topological polar surface area (TPSA) is 15.3 Å². The summed E-state index contributed by atoms with van der Waals surface area (Å²) in [5.74, 6) is 0.799. The molecular formula is C13H19ClN2. The second-order valence-corrected chi connectivity index (χ2v) is 5.05. The molecule has 0 amide bonds. The first kappa shape index (κ1) is 11.9. The molecular weight excluding hydrogens is 220 g/mol. The van der Waals surface area contributed by atoms with Gasteiger partial charge in [-0.3, -0.25) is 0 Å². The van der Waals surface area contributed by atoms with Crippen LogP contribution < -0.4 is 5.32 Å². The van der Waals surface area contributed by atoms with E-state index in [9.17, 15) is 0 Å². The van der Waals surface area contributed by atoms with E-state index in [1.165, 1.54) is 25.1 Å². The standard InChI is InChI=1S/C13H19ClN2/c1-16-7-6-11(10-16)8-15-9-12-4-2-3-5-13(12)14/h2-5,11,15H,6-10H2,1H3. The van der Waals surface area contributed by atoms with Gasteiger partial charge >= 0.3 is 0 Å². The van der Waals surface area contributed by atoms with Crippen LogP contribution in [0, 0.1) is 5.92 Å². The van der Waals surface area contributed by atoms with Crippen LogP contribution >= 0.6 is 11.6 Å². The molecule has 1 heterocycles. The highest BCUT2D eigenvalue weighted by Gasteiger charge is 2.18. The Morgan fingerprint density at radius 2 is 2.25 bits per heavy atom. The van der Waals surface area contributed by atoms with Crippen molar-refractivity contribution in [3.05, 3.63) is 34.9 Å². The van der Waals surface area contributed by atoms with Gasteiger partial charge in [-0.15, -0.1) is 0 Å². The molecule has 0 radical (unpaired) electrons. The van der Waals surface area contributed by atoms with Crippen molar-refractivity contribution in [2.24, 2.45) is 5.92 Å². The summed E-state index contributed by atoms with van der Waals surface area (Å²) in [7, 11) is 2.19. The predicted octanol–water partition coefficient (Wildman–Crippen LogP) is 2.38. The molecule has 1 N–H and O–H groups in total. The molecule has 1 aromatic carbocycles. The second kappa shape index (κ2) is 5.67. The van der Waals surface area contributed by atoms with Crippen molar-refractivity contribution in [1.82, 2.24) is 10.2 Å². The van der Waals surface area contributed by atoms with Crippen molar-refractivity contribution in [3.63, 3.8) is 0 Å². The number of halogens is 1. The molecule has 1 unspecified atom stereocenters. The molecule has 88 valence electrons. The Balaban J connectivity index is 1.74. The van der Waals surface area contributed by atoms with Gasteiger partial charge in [-0.2, -0.15) is 0 Å². The van der Waals surface area contributed by atoms with E-state index < -0.39 is 0 Å². The third-order valence-corrected chi connectivity index (χ3v) is 3.56. The molecule has 1 atom stereocenters. The molecule has 2 rings (SSSR count). The third kappa shape index (κ3) is 3.21. The van der Waals surface area contributed by atoms with E-state index in [0.717, 1.165) is 24.0 Å². The van der Waals surface area contributed by atoms with E-state index in [-0.39, 0.29) is 0 Å². The van der Waals surface area contributed by atoms with E-state index in [2.05, 4.69) is 23.3 Å². The first-order valence-electron chi connectivity index (χ1n) is 5.88. The lowest BCUT2D eigenvalue weighted by Crippen LogP contribution is -2.24. The minimum absolute atomic E-state index is 0.799. The van der Waals surface area contributed by atoms with Crippen molar-refractivity contribution in [3.8, 4) is 0 Å². The first-order valence-corrected chi connectivity index (χ1v) is 6.26. The van der Waals surface area contributed by atoms with Gasteiger partial charge in [0, 0.05) is 18.1 Å². The average Bonchev–Trinajstić information content (AvgIpc) is 2.67. The monoisotopic (exact) mass is 238 g/mol. The smallest absolute Gasteiger partial charge is 0.0450 e. The van der Waals surface area contributed by atoms with Crippen LogP contribution in [0.1, 0.15) is 12.0 Å². The normalized spacial score (nSPS) is 21.5. The molecule has 2 nitrogen and oxygen atoms in total. The summed E-state index contributed by atoms with van der Waals surface area (Å²) in [6, 6.07) is 8.03. The van der Waals surface area contributed by atoms with E-state index in [4.69, 9.17) is 11.6 Å². The zero-order chi connectivity index (χ0) is 11.4. The average molecular weight is 239 g/mol. The van der Waals surface area contributed by atoms with Gasteiger partial charge in [0.05, 0.1) is 0 Å². The van der Waals surface area contributed by atoms with Crippen LogP contribution in [0.25, 0.3) is 0 Å². The molecule has 0 aromatic heterocycles. The van der Waals surface area contributed by atoms with Gasteiger partial charge < -0.3 is 10.2 Å². The Morgan fingerprint density at radius 1 is 1.44 bits per heavy atom. The molecule has 1 aliphatic heterocycles. The SMILES string of the molecule is CN1CCC(CNCc2ccccc2Cl)C1. The summed E-state index contributed by atoms with van der Waals surface area (Å²) in [5, 5.41) is 4.35. The van der Waals surface area contributed by atoms with Crippen LogP contribution in [0.4, 0.5) is 0 Å². The van der Waals surface area contributed by atoms with Crippen molar-refractivity contribution in [2.45, 2.75) is 13.0 Å². The molecule has 1 aliphatic rings. The fraction of sp³-hybridized carbons (Fsp3) is 0.538.